The van der Waals surface area contributed by atoms with E-state index in [9.17, 15) is 4.79 Å². The molecule has 0 bridgehead atoms. The summed E-state index contributed by atoms with van der Waals surface area (Å²) in [4.78, 5) is 29.3. The van der Waals surface area contributed by atoms with Gasteiger partial charge in [-0.1, -0.05) is 24.3 Å². The third-order valence-electron chi connectivity index (χ3n) is 5.20. The highest BCUT2D eigenvalue weighted by Crippen LogP contribution is 2.29. The van der Waals surface area contributed by atoms with Crippen molar-refractivity contribution in [2.75, 3.05) is 36.8 Å². The van der Waals surface area contributed by atoms with Gasteiger partial charge in [-0.3, -0.25) is 9.69 Å². The molecule has 0 spiro atoms. The van der Waals surface area contributed by atoms with Crippen LogP contribution in [-0.4, -0.2) is 53.0 Å². The Morgan fingerprint density at radius 1 is 1.07 bits per heavy atom. The molecule has 27 heavy (non-hydrogen) atoms. The Morgan fingerprint density at radius 3 is 2.56 bits per heavy atom. The molecule has 1 amide bonds. The molecule has 0 atom stereocenters. The van der Waals surface area contributed by atoms with Crippen LogP contribution in [0.25, 0.3) is 17.3 Å². The maximum absolute atomic E-state index is 11.7. The minimum Gasteiger partial charge on any atom is -0.368 e. The van der Waals surface area contributed by atoms with Gasteiger partial charge in [0.1, 0.15) is 0 Å². The molecule has 2 aliphatic heterocycles. The standard InChI is InChI=1S/C20H24N6O/c1-13(2)25-9-11-26(12-10-25)16-6-4-3-5-14(16)18-15-7-8-17(27)22-19(15)24-20(21)23-18/h3-7,13H,8-12H2,1-2H3,(H2,21,22,24,27). The first kappa shape index (κ1) is 17.6. The predicted molar refractivity (Wildman–Crippen MR) is 106 cm³/mol. The summed E-state index contributed by atoms with van der Waals surface area (Å²) < 4.78 is 0. The highest BCUT2D eigenvalue weighted by atomic mass is 16.1. The van der Waals surface area contributed by atoms with E-state index in [1.54, 1.807) is 0 Å². The van der Waals surface area contributed by atoms with Crippen molar-refractivity contribution in [2.45, 2.75) is 26.3 Å². The van der Waals surface area contributed by atoms with Crippen LogP contribution in [0.2, 0.25) is 0 Å². The number of piperazine rings is 1. The van der Waals surface area contributed by atoms with E-state index in [0.29, 0.717) is 11.5 Å². The van der Waals surface area contributed by atoms with E-state index in [-0.39, 0.29) is 18.3 Å². The van der Waals surface area contributed by atoms with Crippen LogP contribution < -0.4 is 21.3 Å². The molecule has 2 N–H and O–H groups in total. The van der Waals surface area contributed by atoms with Gasteiger partial charge in [-0.15, -0.1) is 0 Å². The molecular formula is C20H24N6O. The van der Waals surface area contributed by atoms with Crippen molar-refractivity contribution in [3.05, 3.63) is 35.0 Å². The first-order chi connectivity index (χ1) is 13.0. The van der Waals surface area contributed by atoms with Crippen LogP contribution in [0.5, 0.6) is 0 Å². The summed E-state index contributed by atoms with van der Waals surface area (Å²) in [5.74, 6) is -0.0697. The van der Waals surface area contributed by atoms with Gasteiger partial charge in [0.05, 0.1) is 5.69 Å². The lowest BCUT2D eigenvalue weighted by molar-refractivity contribution is -0.117. The number of aromatic nitrogens is 2. The summed E-state index contributed by atoms with van der Waals surface area (Å²) in [5, 5.41) is 0.789. The molecule has 0 radical (unpaired) electrons. The Kier molecular flexibility index (Phi) is 4.61. The van der Waals surface area contributed by atoms with Crippen molar-refractivity contribution in [3.63, 3.8) is 0 Å². The number of nitrogens with zero attached hydrogens (tertiary/aromatic N) is 5. The molecule has 7 heteroatoms. The molecule has 140 valence electrons. The van der Waals surface area contributed by atoms with Gasteiger partial charge in [0.15, 0.2) is 5.49 Å². The zero-order chi connectivity index (χ0) is 19.0. The topological polar surface area (TPSA) is 87.7 Å². The number of para-hydroxylation sites is 1. The first-order valence-corrected chi connectivity index (χ1v) is 9.36. The lowest BCUT2D eigenvalue weighted by atomic mass is 10.0. The first-order valence-electron chi connectivity index (χ1n) is 9.36. The minimum absolute atomic E-state index is 0.134. The van der Waals surface area contributed by atoms with Crippen LogP contribution in [0.3, 0.4) is 0 Å². The highest BCUT2D eigenvalue weighted by Gasteiger charge is 2.22. The van der Waals surface area contributed by atoms with Gasteiger partial charge < -0.3 is 10.6 Å². The second-order valence-electron chi connectivity index (χ2n) is 7.22. The van der Waals surface area contributed by atoms with E-state index in [1.807, 2.05) is 18.2 Å². The number of hydrogen-bond donors (Lipinski definition) is 1. The van der Waals surface area contributed by atoms with Crippen molar-refractivity contribution < 1.29 is 4.79 Å². The fraction of sp³-hybridized carbons (Fsp3) is 0.400. The van der Waals surface area contributed by atoms with Crippen LogP contribution >= 0.6 is 0 Å². The molecule has 1 aromatic heterocycles. The van der Waals surface area contributed by atoms with E-state index in [1.165, 1.54) is 0 Å². The number of nitrogen functional groups attached to an aromatic ring is 1. The summed E-state index contributed by atoms with van der Waals surface area (Å²) in [6.45, 7) is 8.47. The number of carbonyl (C=O) groups is 1. The number of anilines is 2. The van der Waals surface area contributed by atoms with Crippen LogP contribution in [0, 0.1) is 0 Å². The number of nitrogens with two attached hydrogens (primary N) is 1. The monoisotopic (exact) mass is 364 g/mol. The van der Waals surface area contributed by atoms with Crippen molar-refractivity contribution in [1.82, 2.24) is 14.9 Å². The molecule has 2 aliphatic rings. The highest BCUT2D eigenvalue weighted by molar-refractivity contribution is 5.85. The fourth-order valence-electron chi connectivity index (χ4n) is 3.73. The fourth-order valence-corrected chi connectivity index (χ4v) is 3.73. The Balaban J connectivity index is 1.78. The normalized spacial score (nSPS) is 17.4. The Hall–Kier alpha value is -2.80. The van der Waals surface area contributed by atoms with Gasteiger partial charge in [-0.25, -0.2) is 4.98 Å². The molecule has 0 unspecified atom stereocenters. The predicted octanol–water partition coefficient (Wildman–Crippen LogP) is 0.587. The molecule has 1 aromatic carbocycles. The van der Waals surface area contributed by atoms with E-state index in [4.69, 9.17) is 5.73 Å². The summed E-state index contributed by atoms with van der Waals surface area (Å²) in [6.07, 6.45) is 2.12. The van der Waals surface area contributed by atoms with Gasteiger partial charge in [0.25, 0.3) is 5.91 Å². The van der Waals surface area contributed by atoms with Gasteiger partial charge >= 0.3 is 0 Å². The number of rotatable bonds is 3. The number of amides is 1. The van der Waals surface area contributed by atoms with Gasteiger partial charge in [0.2, 0.25) is 5.95 Å². The summed E-state index contributed by atoms with van der Waals surface area (Å²) >= 11 is 0. The van der Waals surface area contributed by atoms with Crippen LogP contribution in [0.4, 0.5) is 11.6 Å². The zero-order valence-corrected chi connectivity index (χ0v) is 15.7. The van der Waals surface area contributed by atoms with E-state index >= 15 is 0 Å². The number of carbonyl (C=O) groups excluding carboxylic acids is 1. The van der Waals surface area contributed by atoms with E-state index in [2.05, 4.69) is 50.7 Å². The van der Waals surface area contributed by atoms with Crippen molar-refractivity contribution in [2.24, 2.45) is 4.99 Å². The SMILES string of the molecule is CC(C)N1CCN(c2ccccc2-c2nc(N)nc3c2=CCC(=O)N=3)CC1. The second kappa shape index (κ2) is 7.08. The third-order valence-corrected chi connectivity index (χ3v) is 5.20. The Bertz CT molecular complexity index is 992. The number of hydrogen-bond acceptors (Lipinski definition) is 6. The van der Waals surface area contributed by atoms with E-state index < -0.39 is 0 Å². The molecule has 1 fully saturated rings. The Morgan fingerprint density at radius 2 is 1.81 bits per heavy atom. The molecule has 0 saturated carbocycles. The van der Waals surface area contributed by atoms with E-state index in [0.717, 1.165) is 48.3 Å². The molecular weight excluding hydrogens is 340 g/mol. The molecule has 4 rings (SSSR count). The van der Waals surface area contributed by atoms with Crippen LogP contribution in [0.15, 0.2) is 29.3 Å². The zero-order valence-electron chi connectivity index (χ0n) is 15.7. The second-order valence-corrected chi connectivity index (χ2v) is 7.22. The number of fused-ring (bicyclic) bond motifs is 1. The molecule has 2 aromatic rings. The van der Waals surface area contributed by atoms with Gasteiger partial charge in [-0.2, -0.15) is 9.98 Å². The Labute approximate surface area is 158 Å². The smallest absolute Gasteiger partial charge is 0.251 e. The molecule has 3 heterocycles. The summed E-state index contributed by atoms with van der Waals surface area (Å²) in [5.41, 5.74) is 9.16. The summed E-state index contributed by atoms with van der Waals surface area (Å²) in [7, 11) is 0. The largest absolute Gasteiger partial charge is 0.368 e. The summed E-state index contributed by atoms with van der Waals surface area (Å²) in [6, 6.07) is 8.78. The van der Waals surface area contributed by atoms with Crippen LogP contribution in [0.1, 0.15) is 20.3 Å². The number of benzene rings is 1. The van der Waals surface area contributed by atoms with Crippen molar-refractivity contribution >= 4 is 23.6 Å². The minimum atomic E-state index is -0.204. The molecule has 0 aliphatic carbocycles. The van der Waals surface area contributed by atoms with Crippen molar-refractivity contribution in [3.8, 4) is 11.3 Å². The van der Waals surface area contributed by atoms with Gasteiger partial charge in [-0.05, 0) is 19.9 Å². The molecule has 7 nitrogen and oxygen atoms in total. The van der Waals surface area contributed by atoms with Crippen molar-refractivity contribution in [1.29, 1.82) is 0 Å². The maximum atomic E-state index is 11.7. The lowest BCUT2D eigenvalue weighted by Gasteiger charge is -2.38. The quantitative estimate of drug-likeness (QED) is 0.858. The molecule has 1 saturated heterocycles. The average molecular weight is 364 g/mol. The third kappa shape index (κ3) is 3.42. The average Bonchev–Trinajstić information content (AvgIpc) is 2.67. The van der Waals surface area contributed by atoms with Gasteiger partial charge in [0, 0.05) is 55.1 Å². The lowest BCUT2D eigenvalue weighted by Crippen LogP contribution is -2.49. The van der Waals surface area contributed by atoms with Crippen LogP contribution in [-0.2, 0) is 4.79 Å². The maximum Gasteiger partial charge on any atom is 0.251 e.